The van der Waals surface area contributed by atoms with E-state index in [-0.39, 0.29) is 5.56 Å². The number of rotatable bonds is 4. The second-order valence-electron chi connectivity index (χ2n) is 4.79. The van der Waals surface area contributed by atoms with Crippen molar-refractivity contribution in [3.05, 3.63) is 68.9 Å². The van der Waals surface area contributed by atoms with Crippen LogP contribution in [0.2, 0.25) is 0 Å². The maximum atomic E-state index is 14.0. The van der Waals surface area contributed by atoms with Gasteiger partial charge in [-0.2, -0.15) is 0 Å². The summed E-state index contributed by atoms with van der Waals surface area (Å²) in [5.41, 5.74) is 1.91. The van der Waals surface area contributed by atoms with E-state index in [2.05, 4.69) is 21.2 Å². The molecule has 2 rings (SSSR count). The molecule has 0 spiro atoms. The lowest BCUT2D eigenvalue weighted by Crippen LogP contribution is -2.23. The molecule has 1 nitrogen and oxygen atoms in total. The summed E-state index contributed by atoms with van der Waals surface area (Å²) in [6, 6.07) is 6.53. The van der Waals surface area contributed by atoms with Gasteiger partial charge in [0, 0.05) is 16.1 Å². The Kier molecular flexibility index (Phi) is 5.06. The molecule has 1 unspecified atom stereocenters. The SMILES string of the molecule is CCNC(c1ccc(C)c(Br)c1)c1cc(F)c(F)cc1F. The predicted octanol–water partition coefficient (Wildman–Crippen LogP) is 4.87. The minimum absolute atomic E-state index is 0.0894. The highest BCUT2D eigenvalue weighted by atomic mass is 79.9. The predicted molar refractivity (Wildman–Crippen MR) is 80.7 cm³/mol. The van der Waals surface area contributed by atoms with Gasteiger partial charge in [-0.05, 0) is 36.7 Å². The molecule has 2 aromatic carbocycles. The van der Waals surface area contributed by atoms with Crippen molar-refractivity contribution in [2.45, 2.75) is 19.9 Å². The minimum Gasteiger partial charge on any atom is -0.306 e. The number of halogens is 4. The van der Waals surface area contributed by atoms with Gasteiger partial charge in [-0.15, -0.1) is 0 Å². The van der Waals surface area contributed by atoms with Gasteiger partial charge < -0.3 is 5.32 Å². The van der Waals surface area contributed by atoms with Crippen LogP contribution < -0.4 is 5.32 Å². The fraction of sp³-hybridized carbons (Fsp3) is 0.250. The number of hydrogen-bond donors (Lipinski definition) is 1. The van der Waals surface area contributed by atoms with Crippen molar-refractivity contribution < 1.29 is 13.2 Å². The average Bonchev–Trinajstić information content (AvgIpc) is 2.44. The first-order valence-electron chi connectivity index (χ1n) is 6.58. The molecule has 0 aliphatic carbocycles. The summed E-state index contributed by atoms with van der Waals surface area (Å²) < 4.78 is 41.4. The van der Waals surface area contributed by atoms with E-state index in [0.717, 1.165) is 21.7 Å². The zero-order valence-corrected chi connectivity index (χ0v) is 13.3. The Morgan fingerprint density at radius 3 is 2.33 bits per heavy atom. The number of nitrogens with one attached hydrogen (secondary N) is 1. The summed E-state index contributed by atoms with van der Waals surface area (Å²) in [5.74, 6) is -3.01. The molecular weight excluding hydrogens is 343 g/mol. The van der Waals surface area contributed by atoms with Gasteiger partial charge in [0.25, 0.3) is 0 Å². The summed E-state index contributed by atoms with van der Waals surface area (Å²) in [6.07, 6.45) is 0. The van der Waals surface area contributed by atoms with E-state index >= 15 is 0 Å². The van der Waals surface area contributed by atoms with Crippen LogP contribution in [0.5, 0.6) is 0 Å². The van der Waals surface area contributed by atoms with Crippen molar-refractivity contribution in [3.63, 3.8) is 0 Å². The van der Waals surface area contributed by atoms with Crippen molar-refractivity contribution in [1.82, 2.24) is 5.32 Å². The maximum Gasteiger partial charge on any atom is 0.161 e. The third-order valence-corrected chi connectivity index (χ3v) is 4.14. The summed E-state index contributed by atoms with van der Waals surface area (Å²) in [5, 5.41) is 3.10. The molecular formula is C16H15BrF3N. The van der Waals surface area contributed by atoms with Gasteiger partial charge in [0.2, 0.25) is 0 Å². The van der Waals surface area contributed by atoms with Gasteiger partial charge in [0.05, 0.1) is 6.04 Å². The third kappa shape index (κ3) is 3.47. The lowest BCUT2D eigenvalue weighted by molar-refractivity contribution is 0.481. The first-order chi connectivity index (χ1) is 9.93. The lowest BCUT2D eigenvalue weighted by Gasteiger charge is -2.20. The van der Waals surface area contributed by atoms with E-state index < -0.39 is 23.5 Å². The van der Waals surface area contributed by atoms with E-state index in [0.29, 0.717) is 12.6 Å². The van der Waals surface area contributed by atoms with Crippen molar-refractivity contribution >= 4 is 15.9 Å². The lowest BCUT2D eigenvalue weighted by atomic mass is 9.97. The highest BCUT2D eigenvalue weighted by Gasteiger charge is 2.20. The van der Waals surface area contributed by atoms with Crippen molar-refractivity contribution in [2.75, 3.05) is 6.54 Å². The highest BCUT2D eigenvalue weighted by molar-refractivity contribution is 9.10. The number of hydrogen-bond acceptors (Lipinski definition) is 1. The molecule has 1 atom stereocenters. The van der Waals surface area contributed by atoms with E-state index in [9.17, 15) is 13.2 Å². The first kappa shape index (κ1) is 16.0. The Morgan fingerprint density at radius 2 is 1.71 bits per heavy atom. The van der Waals surface area contributed by atoms with Crippen LogP contribution in [0.1, 0.15) is 29.7 Å². The van der Waals surface area contributed by atoms with Crippen molar-refractivity contribution in [3.8, 4) is 0 Å². The second kappa shape index (κ2) is 6.62. The van der Waals surface area contributed by atoms with E-state index in [1.807, 2.05) is 32.0 Å². The highest BCUT2D eigenvalue weighted by Crippen LogP contribution is 2.29. The Bertz CT molecular complexity index is 658. The monoisotopic (exact) mass is 357 g/mol. The summed E-state index contributed by atoms with van der Waals surface area (Å²) in [4.78, 5) is 0. The number of aryl methyl sites for hydroxylation is 1. The van der Waals surface area contributed by atoms with Crippen LogP contribution in [-0.4, -0.2) is 6.54 Å². The molecule has 0 fully saturated rings. The van der Waals surface area contributed by atoms with Gasteiger partial charge in [-0.25, -0.2) is 13.2 Å². The van der Waals surface area contributed by atoms with Crippen LogP contribution in [0.15, 0.2) is 34.8 Å². The fourth-order valence-electron chi connectivity index (χ4n) is 2.16. The van der Waals surface area contributed by atoms with E-state index in [1.54, 1.807) is 0 Å². The van der Waals surface area contributed by atoms with Crippen LogP contribution in [0.25, 0.3) is 0 Å². The van der Waals surface area contributed by atoms with Gasteiger partial charge in [-0.3, -0.25) is 0 Å². The van der Waals surface area contributed by atoms with Crippen molar-refractivity contribution in [1.29, 1.82) is 0 Å². The van der Waals surface area contributed by atoms with E-state index in [4.69, 9.17) is 0 Å². The van der Waals surface area contributed by atoms with Gasteiger partial charge in [-0.1, -0.05) is 35.0 Å². The zero-order valence-electron chi connectivity index (χ0n) is 11.7. The second-order valence-corrected chi connectivity index (χ2v) is 5.64. The van der Waals surface area contributed by atoms with Crippen LogP contribution in [0.3, 0.4) is 0 Å². The van der Waals surface area contributed by atoms with Crippen LogP contribution in [-0.2, 0) is 0 Å². The largest absolute Gasteiger partial charge is 0.306 e. The maximum absolute atomic E-state index is 14.0. The quantitative estimate of drug-likeness (QED) is 0.769. The molecule has 0 bridgehead atoms. The number of benzene rings is 2. The summed E-state index contributed by atoms with van der Waals surface area (Å²) in [6.45, 7) is 4.37. The summed E-state index contributed by atoms with van der Waals surface area (Å²) >= 11 is 3.43. The fourth-order valence-corrected chi connectivity index (χ4v) is 2.56. The van der Waals surface area contributed by atoms with E-state index in [1.165, 1.54) is 0 Å². The van der Waals surface area contributed by atoms with Gasteiger partial charge in [0.1, 0.15) is 5.82 Å². The molecule has 0 aliphatic rings. The first-order valence-corrected chi connectivity index (χ1v) is 7.37. The molecule has 0 radical (unpaired) electrons. The summed E-state index contributed by atoms with van der Waals surface area (Å²) in [7, 11) is 0. The Balaban J connectivity index is 2.52. The average molecular weight is 358 g/mol. The molecule has 112 valence electrons. The van der Waals surface area contributed by atoms with Crippen LogP contribution in [0, 0.1) is 24.4 Å². The Hall–Kier alpha value is -1.33. The third-order valence-electron chi connectivity index (χ3n) is 3.29. The molecule has 5 heteroatoms. The normalized spacial score (nSPS) is 12.5. The van der Waals surface area contributed by atoms with Gasteiger partial charge in [0.15, 0.2) is 11.6 Å². The Labute approximate surface area is 130 Å². The molecule has 2 aromatic rings. The molecule has 0 aliphatic heterocycles. The molecule has 0 saturated heterocycles. The van der Waals surface area contributed by atoms with Crippen LogP contribution in [0.4, 0.5) is 13.2 Å². The molecule has 1 N–H and O–H groups in total. The molecule has 0 saturated carbocycles. The minimum atomic E-state index is -1.18. The molecule has 0 aromatic heterocycles. The van der Waals surface area contributed by atoms with Gasteiger partial charge >= 0.3 is 0 Å². The van der Waals surface area contributed by atoms with Crippen LogP contribution >= 0.6 is 15.9 Å². The zero-order chi connectivity index (χ0) is 15.6. The Morgan fingerprint density at radius 1 is 1.05 bits per heavy atom. The molecule has 21 heavy (non-hydrogen) atoms. The molecule has 0 amide bonds. The smallest absolute Gasteiger partial charge is 0.161 e. The molecule has 0 heterocycles. The standard InChI is InChI=1S/C16H15BrF3N/c1-3-21-16(10-5-4-9(2)12(17)6-10)11-7-14(19)15(20)8-13(11)18/h4-8,16,21H,3H2,1-2H3. The topological polar surface area (TPSA) is 12.0 Å². The van der Waals surface area contributed by atoms with Crippen molar-refractivity contribution in [2.24, 2.45) is 0 Å².